The fourth-order valence-electron chi connectivity index (χ4n) is 2.93. The molecule has 0 radical (unpaired) electrons. The molecule has 3 rings (SSSR count). The molecule has 152 valence electrons. The second kappa shape index (κ2) is 8.20. The maximum atomic E-state index is 13.7. The van der Waals surface area contributed by atoms with E-state index in [4.69, 9.17) is 16.3 Å². The van der Waals surface area contributed by atoms with Crippen LogP contribution in [0.5, 0.6) is 0 Å². The van der Waals surface area contributed by atoms with E-state index in [1.807, 2.05) is 0 Å². The van der Waals surface area contributed by atoms with Gasteiger partial charge in [-0.3, -0.25) is 0 Å². The summed E-state index contributed by atoms with van der Waals surface area (Å²) in [6, 6.07) is 10.3. The number of aromatic nitrogens is 2. The van der Waals surface area contributed by atoms with E-state index in [1.165, 1.54) is 12.1 Å². The van der Waals surface area contributed by atoms with E-state index in [9.17, 15) is 18.0 Å². The number of alkyl halides is 3. The number of benzene rings is 2. The monoisotopic (exact) mass is 486 g/mol. The second-order valence-corrected chi connectivity index (χ2v) is 7.47. The number of hydrogen-bond acceptors (Lipinski definition) is 3. The largest absolute Gasteiger partial charge is 0.461 e. The molecule has 0 saturated heterocycles. The molecule has 4 nitrogen and oxygen atoms in total. The summed E-state index contributed by atoms with van der Waals surface area (Å²) in [5.74, 6) is -0.704. The molecule has 0 aliphatic rings. The molecule has 0 spiro atoms. The lowest BCUT2D eigenvalue weighted by atomic mass is 10.1. The van der Waals surface area contributed by atoms with E-state index in [-0.39, 0.29) is 22.5 Å². The topological polar surface area (TPSA) is 44.1 Å². The Morgan fingerprint density at radius 3 is 2.45 bits per heavy atom. The molecular formula is C20H15BrClF3N2O2. The summed E-state index contributed by atoms with van der Waals surface area (Å²) in [6.45, 7) is 3.38. The van der Waals surface area contributed by atoms with Crippen molar-refractivity contribution < 1.29 is 22.7 Å². The molecule has 0 N–H and O–H groups in total. The first-order valence-corrected chi connectivity index (χ1v) is 9.70. The Kier molecular flexibility index (Phi) is 6.05. The highest BCUT2D eigenvalue weighted by Gasteiger charge is 2.36. The van der Waals surface area contributed by atoms with Gasteiger partial charge in [0.2, 0.25) is 0 Å². The van der Waals surface area contributed by atoms with Crippen LogP contribution < -0.4 is 0 Å². The Bertz CT molecular complexity index is 1060. The molecule has 0 saturated carbocycles. The molecule has 0 aliphatic heterocycles. The first-order chi connectivity index (χ1) is 13.6. The van der Waals surface area contributed by atoms with Crippen LogP contribution >= 0.6 is 27.5 Å². The fourth-order valence-corrected chi connectivity index (χ4v) is 3.42. The van der Waals surface area contributed by atoms with Gasteiger partial charge in [-0.25, -0.2) is 9.48 Å². The van der Waals surface area contributed by atoms with Gasteiger partial charge in [0.25, 0.3) is 0 Å². The van der Waals surface area contributed by atoms with Crippen molar-refractivity contribution >= 4 is 33.5 Å². The van der Waals surface area contributed by atoms with Crippen molar-refractivity contribution in [1.29, 1.82) is 0 Å². The normalized spacial score (nSPS) is 11.6. The zero-order valence-electron chi connectivity index (χ0n) is 15.3. The summed E-state index contributed by atoms with van der Waals surface area (Å²) in [6.07, 6.45) is -4.62. The van der Waals surface area contributed by atoms with Crippen molar-refractivity contribution in [3.63, 3.8) is 0 Å². The van der Waals surface area contributed by atoms with Crippen LogP contribution in [0.15, 0.2) is 46.9 Å². The van der Waals surface area contributed by atoms with Gasteiger partial charge in [0.15, 0.2) is 5.69 Å². The number of carbonyl (C=O) groups is 1. The summed E-state index contributed by atoms with van der Waals surface area (Å²) in [5, 5.41) is 4.67. The van der Waals surface area contributed by atoms with Gasteiger partial charge in [-0.2, -0.15) is 18.3 Å². The summed E-state index contributed by atoms with van der Waals surface area (Å²) in [4.78, 5) is 12.3. The number of carbonyl (C=O) groups excluding carboxylic acids is 1. The Labute approximate surface area is 178 Å². The summed E-state index contributed by atoms with van der Waals surface area (Å²) in [7, 11) is 0. The van der Waals surface area contributed by atoms with Gasteiger partial charge in [-0.15, -0.1) is 0 Å². The highest BCUT2D eigenvalue weighted by atomic mass is 79.9. The van der Waals surface area contributed by atoms with Gasteiger partial charge in [-0.05, 0) is 44.2 Å². The number of nitrogens with zero attached hydrogens (tertiary/aromatic N) is 2. The van der Waals surface area contributed by atoms with E-state index < -0.39 is 17.7 Å². The molecular weight excluding hydrogens is 473 g/mol. The average molecular weight is 488 g/mol. The number of esters is 1. The molecule has 9 heteroatoms. The third-order valence-corrected chi connectivity index (χ3v) is 4.95. The molecule has 3 aromatic rings. The third kappa shape index (κ3) is 4.33. The van der Waals surface area contributed by atoms with E-state index >= 15 is 0 Å². The van der Waals surface area contributed by atoms with Crippen molar-refractivity contribution in [3.8, 4) is 16.9 Å². The van der Waals surface area contributed by atoms with E-state index in [2.05, 4.69) is 21.0 Å². The molecule has 2 aromatic carbocycles. The lowest BCUT2D eigenvalue weighted by molar-refractivity contribution is -0.137. The number of halogens is 5. The lowest BCUT2D eigenvalue weighted by Gasteiger charge is -2.16. The average Bonchev–Trinajstić information content (AvgIpc) is 2.99. The molecule has 0 bridgehead atoms. The van der Waals surface area contributed by atoms with Crippen LogP contribution in [0.1, 0.15) is 28.5 Å². The minimum atomic E-state index is -4.62. The molecule has 1 heterocycles. The first kappa shape index (κ1) is 21.4. The Balaban J connectivity index is 2.33. The second-order valence-electron chi connectivity index (χ2n) is 6.12. The van der Waals surface area contributed by atoms with Gasteiger partial charge in [0.1, 0.15) is 0 Å². The van der Waals surface area contributed by atoms with Crippen LogP contribution in [-0.2, 0) is 10.9 Å². The number of hydrogen-bond donors (Lipinski definition) is 0. The van der Waals surface area contributed by atoms with Crippen molar-refractivity contribution in [2.75, 3.05) is 6.61 Å². The third-order valence-electron chi connectivity index (χ3n) is 4.20. The molecule has 0 atom stereocenters. The van der Waals surface area contributed by atoms with E-state index in [1.54, 1.807) is 38.1 Å². The molecule has 0 unspecified atom stereocenters. The number of ether oxygens (including phenoxy) is 1. The smallest absolute Gasteiger partial charge is 0.418 e. The molecule has 0 aliphatic carbocycles. The Morgan fingerprint density at radius 1 is 1.21 bits per heavy atom. The Hall–Kier alpha value is -2.32. The van der Waals surface area contributed by atoms with Gasteiger partial charge in [0, 0.05) is 20.6 Å². The van der Waals surface area contributed by atoms with E-state index in [0.29, 0.717) is 21.8 Å². The highest BCUT2D eigenvalue weighted by Crippen LogP contribution is 2.38. The summed E-state index contributed by atoms with van der Waals surface area (Å²) >= 11 is 9.02. The van der Waals surface area contributed by atoms with Crippen LogP contribution in [-0.4, -0.2) is 22.4 Å². The molecule has 1 aromatic heterocycles. The summed E-state index contributed by atoms with van der Waals surface area (Å²) in [5.41, 5.74) is 0.169. The predicted molar refractivity (Wildman–Crippen MR) is 107 cm³/mol. The SMILES string of the molecule is CCOC(=O)c1nn(-c2ccc(Br)cc2C(F)(F)F)c(-c2ccc(Cl)cc2)c1C. The van der Waals surface area contributed by atoms with Gasteiger partial charge in [-0.1, -0.05) is 39.7 Å². The number of rotatable bonds is 4. The van der Waals surface area contributed by atoms with Crippen LogP contribution in [0.2, 0.25) is 5.02 Å². The van der Waals surface area contributed by atoms with Crippen molar-refractivity contribution in [1.82, 2.24) is 9.78 Å². The van der Waals surface area contributed by atoms with Crippen LogP contribution in [0, 0.1) is 6.92 Å². The molecule has 0 fully saturated rings. The van der Waals surface area contributed by atoms with Crippen molar-refractivity contribution in [3.05, 3.63) is 68.8 Å². The zero-order chi connectivity index (χ0) is 21.3. The van der Waals surface area contributed by atoms with Crippen LogP contribution in [0.25, 0.3) is 16.9 Å². The minimum absolute atomic E-state index is 0.0483. The van der Waals surface area contributed by atoms with Gasteiger partial charge >= 0.3 is 12.1 Å². The fraction of sp³-hybridized carbons (Fsp3) is 0.200. The maximum absolute atomic E-state index is 13.7. The van der Waals surface area contributed by atoms with Gasteiger partial charge < -0.3 is 4.74 Å². The van der Waals surface area contributed by atoms with Gasteiger partial charge in [0.05, 0.1) is 23.6 Å². The van der Waals surface area contributed by atoms with E-state index in [0.717, 1.165) is 10.7 Å². The standard InChI is InChI=1S/C20H15BrClF3N2O2/c1-3-29-19(28)17-11(2)18(12-4-7-14(22)8-5-12)27(26-17)16-9-6-13(21)10-15(16)20(23,24)25/h4-10H,3H2,1-2H3. The predicted octanol–water partition coefficient (Wildman–Crippen LogP) is 6.46. The first-order valence-electron chi connectivity index (χ1n) is 8.53. The molecule has 29 heavy (non-hydrogen) atoms. The Morgan fingerprint density at radius 2 is 1.86 bits per heavy atom. The highest BCUT2D eigenvalue weighted by molar-refractivity contribution is 9.10. The van der Waals surface area contributed by atoms with Crippen LogP contribution in [0.3, 0.4) is 0 Å². The van der Waals surface area contributed by atoms with Crippen molar-refractivity contribution in [2.24, 2.45) is 0 Å². The zero-order valence-corrected chi connectivity index (χ0v) is 17.7. The quantitative estimate of drug-likeness (QED) is 0.397. The maximum Gasteiger partial charge on any atom is 0.418 e. The van der Waals surface area contributed by atoms with Crippen molar-refractivity contribution in [2.45, 2.75) is 20.0 Å². The minimum Gasteiger partial charge on any atom is -0.461 e. The lowest BCUT2D eigenvalue weighted by Crippen LogP contribution is -2.13. The molecule has 0 amide bonds. The summed E-state index contributed by atoms with van der Waals surface area (Å²) < 4.78 is 47.6. The van der Waals surface area contributed by atoms with Crippen LogP contribution in [0.4, 0.5) is 13.2 Å².